The predicted molar refractivity (Wildman–Crippen MR) is 97.3 cm³/mol. The van der Waals surface area contributed by atoms with Crippen molar-refractivity contribution in [3.05, 3.63) is 29.8 Å². The Hall–Kier alpha value is -2.04. The van der Waals surface area contributed by atoms with Crippen molar-refractivity contribution < 1.29 is 9.59 Å². The first-order valence-electron chi connectivity index (χ1n) is 8.88. The second-order valence-corrected chi connectivity index (χ2v) is 6.81. The lowest BCUT2D eigenvalue weighted by Crippen LogP contribution is -2.43. The molecule has 2 unspecified atom stereocenters. The van der Waals surface area contributed by atoms with Crippen molar-refractivity contribution in [2.75, 3.05) is 25.0 Å². The van der Waals surface area contributed by atoms with E-state index in [4.69, 9.17) is 0 Å². The highest BCUT2D eigenvalue weighted by molar-refractivity contribution is 5.94. The number of piperidine rings is 1. The van der Waals surface area contributed by atoms with Gasteiger partial charge in [-0.3, -0.25) is 9.59 Å². The number of amides is 2. The first-order valence-corrected chi connectivity index (χ1v) is 8.88. The highest BCUT2D eigenvalue weighted by Crippen LogP contribution is 2.17. The van der Waals surface area contributed by atoms with E-state index >= 15 is 0 Å². The van der Waals surface area contributed by atoms with Crippen LogP contribution >= 0.6 is 0 Å². The fraction of sp³-hybridized carbons (Fsp3) is 0.579. The summed E-state index contributed by atoms with van der Waals surface area (Å²) in [5.41, 5.74) is 1.79. The third kappa shape index (κ3) is 5.25. The number of rotatable bonds is 7. The summed E-state index contributed by atoms with van der Waals surface area (Å²) in [5, 5.41) is 5.86. The first-order chi connectivity index (χ1) is 11.5. The fourth-order valence-corrected chi connectivity index (χ4v) is 3.12. The van der Waals surface area contributed by atoms with Gasteiger partial charge in [0, 0.05) is 43.9 Å². The van der Waals surface area contributed by atoms with Crippen LogP contribution in [-0.2, 0) is 4.79 Å². The van der Waals surface area contributed by atoms with Crippen LogP contribution in [0.15, 0.2) is 24.3 Å². The third-order valence-corrected chi connectivity index (χ3v) is 4.54. The van der Waals surface area contributed by atoms with Gasteiger partial charge in [-0.2, -0.15) is 0 Å². The summed E-state index contributed by atoms with van der Waals surface area (Å²) >= 11 is 0. The van der Waals surface area contributed by atoms with Crippen LogP contribution in [0, 0.1) is 5.92 Å². The fourth-order valence-electron chi connectivity index (χ4n) is 3.12. The Morgan fingerprint density at radius 2 is 2.04 bits per heavy atom. The molecule has 0 spiro atoms. The van der Waals surface area contributed by atoms with Crippen molar-refractivity contribution in [2.24, 2.45) is 5.92 Å². The van der Waals surface area contributed by atoms with E-state index in [-0.39, 0.29) is 23.8 Å². The Morgan fingerprint density at radius 1 is 1.33 bits per heavy atom. The van der Waals surface area contributed by atoms with Crippen molar-refractivity contribution in [3.8, 4) is 0 Å². The van der Waals surface area contributed by atoms with E-state index in [9.17, 15) is 9.59 Å². The molecule has 0 bridgehead atoms. The number of nitrogens with zero attached hydrogens (tertiary/aromatic N) is 1. The monoisotopic (exact) mass is 331 g/mol. The number of nitrogens with one attached hydrogen (secondary N) is 2. The van der Waals surface area contributed by atoms with Crippen molar-refractivity contribution >= 4 is 17.5 Å². The topological polar surface area (TPSA) is 61.4 Å². The van der Waals surface area contributed by atoms with Gasteiger partial charge in [-0.25, -0.2) is 0 Å². The molecule has 1 saturated heterocycles. The van der Waals surface area contributed by atoms with Crippen LogP contribution in [0.1, 0.15) is 49.9 Å². The summed E-state index contributed by atoms with van der Waals surface area (Å²) in [6.45, 7) is 5.75. The van der Waals surface area contributed by atoms with Gasteiger partial charge >= 0.3 is 0 Å². The minimum Gasteiger partial charge on any atom is -0.375 e. The molecule has 1 aliphatic heterocycles. The zero-order valence-corrected chi connectivity index (χ0v) is 15.0. The summed E-state index contributed by atoms with van der Waals surface area (Å²) in [6, 6.07) is 7.89. The van der Waals surface area contributed by atoms with Gasteiger partial charge in [-0.1, -0.05) is 13.3 Å². The van der Waals surface area contributed by atoms with Crippen LogP contribution in [-0.4, -0.2) is 38.0 Å². The molecule has 0 aromatic heterocycles. The lowest BCUT2D eigenvalue weighted by atomic mass is 9.92. The van der Waals surface area contributed by atoms with Crippen LogP contribution in [0.3, 0.4) is 0 Å². The molecule has 1 aliphatic rings. The molecular weight excluding hydrogens is 302 g/mol. The van der Waals surface area contributed by atoms with Gasteiger partial charge in [0.25, 0.3) is 5.91 Å². The van der Waals surface area contributed by atoms with Crippen molar-refractivity contribution in [1.29, 1.82) is 0 Å². The second-order valence-electron chi connectivity index (χ2n) is 6.81. The number of unbranched alkanes of at least 4 members (excludes halogenated alkanes) is 1. The highest BCUT2D eigenvalue weighted by atomic mass is 16.2. The van der Waals surface area contributed by atoms with Crippen molar-refractivity contribution in [2.45, 2.75) is 45.6 Å². The van der Waals surface area contributed by atoms with Gasteiger partial charge in [-0.05, 0) is 49.9 Å². The van der Waals surface area contributed by atoms with Gasteiger partial charge in [0.05, 0.1) is 0 Å². The molecule has 0 radical (unpaired) electrons. The smallest absolute Gasteiger partial charge is 0.251 e. The summed E-state index contributed by atoms with van der Waals surface area (Å²) in [6.07, 6.45) is 3.73. The van der Waals surface area contributed by atoms with E-state index in [2.05, 4.69) is 29.5 Å². The largest absolute Gasteiger partial charge is 0.375 e. The molecule has 1 fully saturated rings. The zero-order chi connectivity index (χ0) is 17.5. The highest BCUT2D eigenvalue weighted by Gasteiger charge is 2.24. The minimum absolute atomic E-state index is 0.0728. The van der Waals surface area contributed by atoms with Gasteiger partial charge in [-0.15, -0.1) is 0 Å². The first kappa shape index (κ1) is 18.3. The Morgan fingerprint density at radius 3 is 2.67 bits per heavy atom. The summed E-state index contributed by atoms with van der Waals surface area (Å²) < 4.78 is 0. The van der Waals surface area contributed by atoms with E-state index in [0.717, 1.165) is 25.1 Å². The zero-order valence-electron chi connectivity index (χ0n) is 15.0. The maximum absolute atomic E-state index is 12.3. The Balaban J connectivity index is 1.85. The standard InChI is InChI=1S/C19H29N3O2/c1-4-5-10-22(3)17-8-6-16(7-9-17)19(24)20-13-15-11-14(2)21-18(23)12-15/h6-9,14-15H,4-5,10-13H2,1-3H3,(H,20,24)(H,21,23). The van der Waals surface area contributed by atoms with Crippen LogP contribution < -0.4 is 15.5 Å². The number of hydrogen-bond donors (Lipinski definition) is 2. The Bertz CT molecular complexity index is 556. The molecule has 1 aromatic rings. The summed E-state index contributed by atoms with van der Waals surface area (Å²) in [7, 11) is 2.07. The molecule has 132 valence electrons. The maximum atomic E-state index is 12.3. The normalized spacial score (nSPS) is 20.4. The average molecular weight is 331 g/mol. The average Bonchev–Trinajstić information content (AvgIpc) is 2.57. The number of carbonyl (C=O) groups is 2. The van der Waals surface area contributed by atoms with Crippen molar-refractivity contribution in [3.63, 3.8) is 0 Å². The molecule has 0 aliphatic carbocycles. The van der Waals surface area contributed by atoms with E-state index in [1.54, 1.807) is 0 Å². The Labute approximate surface area is 144 Å². The molecule has 5 nitrogen and oxygen atoms in total. The van der Waals surface area contributed by atoms with E-state index < -0.39 is 0 Å². The van der Waals surface area contributed by atoms with Crippen LogP contribution in [0.25, 0.3) is 0 Å². The number of carbonyl (C=O) groups excluding carboxylic acids is 2. The molecule has 0 saturated carbocycles. The van der Waals surface area contributed by atoms with Gasteiger partial charge in [0.15, 0.2) is 0 Å². The molecule has 2 N–H and O–H groups in total. The molecule has 5 heteroatoms. The second kappa shape index (κ2) is 8.71. The van der Waals surface area contributed by atoms with Crippen LogP contribution in [0.5, 0.6) is 0 Å². The molecule has 2 rings (SSSR count). The number of hydrogen-bond acceptors (Lipinski definition) is 3. The molecular formula is C19H29N3O2. The quantitative estimate of drug-likeness (QED) is 0.807. The number of anilines is 1. The molecule has 2 amide bonds. The van der Waals surface area contributed by atoms with Gasteiger partial charge in [0.1, 0.15) is 0 Å². The van der Waals surface area contributed by atoms with E-state index in [0.29, 0.717) is 18.5 Å². The number of benzene rings is 1. The SMILES string of the molecule is CCCCN(C)c1ccc(C(=O)NCC2CC(=O)NC(C)C2)cc1. The Kier molecular flexibility index (Phi) is 6.64. The van der Waals surface area contributed by atoms with Gasteiger partial charge in [0.2, 0.25) is 5.91 Å². The third-order valence-electron chi connectivity index (χ3n) is 4.54. The minimum atomic E-state index is -0.0728. The molecule has 1 aromatic carbocycles. The lowest BCUT2D eigenvalue weighted by molar-refractivity contribution is -0.124. The van der Waals surface area contributed by atoms with E-state index in [1.165, 1.54) is 6.42 Å². The maximum Gasteiger partial charge on any atom is 0.251 e. The molecule has 1 heterocycles. The predicted octanol–water partition coefficient (Wildman–Crippen LogP) is 2.57. The van der Waals surface area contributed by atoms with Gasteiger partial charge < -0.3 is 15.5 Å². The molecule has 2 atom stereocenters. The molecule has 24 heavy (non-hydrogen) atoms. The lowest BCUT2D eigenvalue weighted by Gasteiger charge is -2.27. The van der Waals surface area contributed by atoms with E-state index in [1.807, 2.05) is 31.2 Å². The van der Waals surface area contributed by atoms with Crippen LogP contribution in [0.2, 0.25) is 0 Å². The van der Waals surface area contributed by atoms with Crippen LogP contribution in [0.4, 0.5) is 5.69 Å². The van der Waals surface area contributed by atoms with Crippen molar-refractivity contribution in [1.82, 2.24) is 10.6 Å². The summed E-state index contributed by atoms with van der Waals surface area (Å²) in [5.74, 6) is 0.223. The summed E-state index contributed by atoms with van der Waals surface area (Å²) in [4.78, 5) is 26.0.